The number of benzene rings is 1. The van der Waals surface area contributed by atoms with Crippen molar-refractivity contribution >= 4 is 24.0 Å². The van der Waals surface area contributed by atoms with Crippen molar-refractivity contribution < 1.29 is 28.9 Å². The fraction of sp³-hybridized carbons (Fsp3) is 0.538. The Morgan fingerprint density at radius 1 is 1.27 bits per heavy atom. The van der Waals surface area contributed by atoms with Gasteiger partial charge in [-0.25, -0.2) is 4.79 Å². The molecule has 202 valence electrons. The third kappa shape index (κ3) is 8.12. The van der Waals surface area contributed by atoms with Gasteiger partial charge in [0, 0.05) is 48.1 Å². The predicted molar refractivity (Wildman–Crippen MR) is 140 cm³/mol. The minimum Gasteiger partial charge on any atom is -0.507 e. The van der Waals surface area contributed by atoms with Crippen LogP contribution in [-0.2, 0) is 9.53 Å². The summed E-state index contributed by atoms with van der Waals surface area (Å²) in [5, 5.41) is 23.0. The van der Waals surface area contributed by atoms with Gasteiger partial charge in [0.1, 0.15) is 23.4 Å². The minimum atomic E-state index is -0.414. The molecule has 0 aliphatic heterocycles. The van der Waals surface area contributed by atoms with Crippen LogP contribution in [0.1, 0.15) is 70.6 Å². The number of nitrogens with zero attached hydrogens (tertiary/aromatic N) is 2. The number of amides is 2. The molecule has 3 atom stereocenters. The van der Waals surface area contributed by atoms with Gasteiger partial charge in [0.2, 0.25) is 0 Å². The number of aliphatic imine (C=N–C) groups is 1. The molecule has 1 aliphatic rings. The molecule has 2 unspecified atom stereocenters. The third-order valence-electron chi connectivity index (χ3n) is 6.11. The summed E-state index contributed by atoms with van der Waals surface area (Å²) in [5.41, 5.74) is 1.24. The lowest BCUT2D eigenvalue weighted by molar-refractivity contribution is -0.118. The molecule has 1 aromatic carbocycles. The predicted octanol–water partition coefficient (Wildman–Crippen LogP) is 4.13. The zero-order valence-corrected chi connectivity index (χ0v) is 22.0. The first-order valence-corrected chi connectivity index (χ1v) is 12.6. The number of methoxy groups -OCH3 is 1. The maximum absolute atomic E-state index is 12.6. The Morgan fingerprint density at radius 2 is 2.05 bits per heavy atom. The fourth-order valence-corrected chi connectivity index (χ4v) is 3.94. The quantitative estimate of drug-likeness (QED) is 0.329. The number of H-pyrrole nitrogens is 1. The van der Waals surface area contributed by atoms with E-state index >= 15 is 0 Å². The molecule has 11 nitrogen and oxygen atoms in total. The summed E-state index contributed by atoms with van der Waals surface area (Å²) in [6.07, 6.45) is 4.12. The maximum atomic E-state index is 12.6. The molecule has 11 heteroatoms. The van der Waals surface area contributed by atoms with E-state index in [-0.39, 0.29) is 42.2 Å². The Labute approximate surface area is 217 Å². The van der Waals surface area contributed by atoms with Gasteiger partial charge in [0.05, 0.1) is 12.7 Å². The molecular weight excluding hydrogens is 478 g/mol. The molecule has 0 saturated heterocycles. The van der Waals surface area contributed by atoms with E-state index in [1.54, 1.807) is 18.3 Å². The normalized spacial score (nSPS) is 18.1. The number of nitrogens with one attached hydrogen (secondary N) is 3. The zero-order chi connectivity index (χ0) is 26.9. The van der Waals surface area contributed by atoms with Gasteiger partial charge in [-0.1, -0.05) is 6.92 Å². The monoisotopic (exact) mass is 515 g/mol. The SMILES string of the molecule is CC[C@H](C)N=Cc1c(O)cc(OC)cc1OCC(=O)Nc1cc(C2CCC(OC(=O)NC(C)C)C2)[nH]n1. The molecule has 37 heavy (non-hydrogen) atoms. The number of alkyl carbamates (subject to hydrolysis) is 1. The van der Waals surface area contributed by atoms with Gasteiger partial charge >= 0.3 is 6.09 Å². The maximum Gasteiger partial charge on any atom is 0.407 e. The van der Waals surface area contributed by atoms with Gasteiger partial charge in [-0.05, 0) is 46.5 Å². The first kappa shape index (κ1) is 27.8. The second kappa shape index (κ2) is 13.0. The van der Waals surface area contributed by atoms with Crippen molar-refractivity contribution in [2.24, 2.45) is 4.99 Å². The Hall–Kier alpha value is -3.76. The number of carbonyl (C=O) groups excluding carboxylic acids is 2. The fourth-order valence-electron chi connectivity index (χ4n) is 3.94. The Morgan fingerprint density at radius 3 is 2.76 bits per heavy atom. The number of phenolic OH excluding ortho intramolecular Hbond substituents is 1. The van der Waals surface area contributed by atoms with Gasteiger partial charge in [0.15, 0.2) is 12.4 Å². The number of rotatable bonds is 11. The van der Waals surface area contributed by atoms with Crippen LogP contribution in [-0.4, -0.2) is 65.4 Å². The molecule has 0 spiro atoms. The van der Waals surface area contributed by atoms with E-state index in [0.29, 0.717) is 23.6 Å². The van der Waals surface area contributed by atoms with Crippen molar-refractivity contribution in [2.45, 2.75) is 77.5 Å². The minimum absolute atomic E-state index is 0.0199. The highest BCUT2D eigenvalue weighted by atomic mass is 16.6. The number of hydrogen-bond donors (Lipinski definition) is 4. The molecule has 1 saturated carbocycles. The lowest BCUT2D eigenvalue weighted by Crippen LogP contribution is -2.33. The number of phenols is 1. The largest absolute Gasteiger partial charge is 0.507 e. The molecule has 0 radical (unpaired) electrons. The number of aromatic amines is 1. The highest BCUT2D eigenvalue weighted by Crippen LogP contribution is 2.36. The summed E-state index contributed by atoms with van der Waals surface area (Å²) >= 11 is 0. The van der Waals surface area contributed by atoms with E-state index in [1.807, 2.05) is 27.7 Å². The van der Waals surface area contributed by atoms with Crippen LogP contribution in [0.4, 0.5) is 10.6 Å². The van der Waals surface area contributed by atoms with E-state index in [0.717, 1.165) is 25.0 Å². The lowest BCUT2D eigenvalue weighted by atomic mass is 10.0. The Balaban J connectivity index is 1.56. The smallest absolute Gasteiger partial charge is 0.407 e. The number of ether oxygens (including phenoxy) is 3. The summed E-state index contributed by atoms with van der Waals surface area (Å²) in [7, 11) is 1.48. The Kier molecular flexibility index (Phi) is 9.76. The van der Waals surface area contributed by atoms with Gasteiger partial charge in [-0.15, -0.1) is 0 Å². The molecule has 1 fully saturated rings. The Bertz CT molecular complexity index is 1100. The average molecular weight is 516 g/mol. The first-order chi connectivity index (χ1) is 17.7. The molecule has 4 N–H and O–H groups in total. The van der Waals surface area contributed by atoms with Gasteiger partial charge in [-0.2, -0.15) is 5.10 Å². The molecule has 1 aliphatic carbocycles. The molecular formula is C26H37N5O6. The molecule has 2 aromatic rings. The summed E-state index contributed by atoms with van der Waals surface area (Å²) in [4.78, 5) is 28.8. The number of anilines is 1. The number of aromatic hydroxyl groups is 1. The summed E-state index contributed by atoms with van der Waals surface area (Å²) in [5.74, 6) is 0.727. The second-order valence-electron chi connectivity index (χ2n) is 9.48. The van der Waals surface area contributed by atoms with Crippen LogP contribution in [0.5, 0.6) is 17.2 Å². The first-order valence-electron chi connectivity index (χ1n) is 12.6. The standard InChI is InChI=1S/C26H37N5O6/c1-6-16(4)27-13-20-22(32)10-19(35-5)11-23(20)36-14-25(33)29-24-12-21(30-31-24)17-7-8-18(9-17)37-26(34)28-15(2)3/h10-13,15-18,32H,6-9,14H2,1-5H3,(H,28,34)(H2,29,30,31,33)/t16-,17?,18?/m0/s1. The highest BCUT2D eigenvalue weighted by molar-refractivity contribution is 5.92. The molecule has 3 rings (SSSR count). The number of hydrogen-bond acceptors (Lipinski definition) is 8. The van der Waals surface area contributed by atoms with Gasteiger partial charge in [0.25, 0.3) is 5.91 Å². The van der Waals surface area contributed by atoms with Crippen LogP contribution >= 0.6 is 0 Å². The second-order valence-corrected chi connectivity index (χ2v) is 9.48. The summed E-state index contributed by atoms with van der Waals surface area (Å²) in [6.45, 7) is 7.44. The van der Waals surface area contributed by atoms with E-state index < -0.39 is 12.0 Å². The summed E-state index contributed by atoms with van der Waals surface area (Å²) < 4.78 is 16.4. The molecule has 2 amide bonds. The van der Waals surface area contributed by atoms with Gasteiger partial charge in [-0.3, -0.25) is 14.9 Å². The van der Waals surface area contributed by atoms with E-state index in [2.05, 4.69) is 25.8 Å². The number of aromatic nitrogens is 2. The zero-order valence-electron chi connectivity index (χ0n) is 22.0. The van der Waals surface area contributed by atoms with E-state index in [4.69, 9.17) is 14.2 Å². The third-order valence-corrected chi connectivity index (χ3v) is 6.11. The van der Waals surface area contributed by atoms with E-state index in [1.165, 1.54) is 13.2 Å². The van der Waals surface area contributed by atoms with Crippen LogP contribution in [0.15, 0.2) is 23.2 Å². The van der Waals surface area contributed by atoms with Crippen LogP contribution in [0.25, 0.3) is 0 Å². The van der Waals surface area contributed by atoms with Crippen LogP contribution < -0.4 is 20.1 Å². The van der Waals surface area contributed by atoms with Crippen molar-refractivity contribution in [3.8, 4) is 17.2 Å². The lowest BCUT2D eigenvalue weighted by Gasteiger charge is -2.14. The number of carbonyl (C=O) groups is 2. The average Bonchev–Trinajstić information content (AvgIpc) is 3.50. The van der Waals surface area contributed by atoms with Gasteiger partial charge < -0.3 is 30.0 Å². The molecule has 1 aromatic heterocycles. The van der Waals surface area contributed by atoms with Crippen molar-refractivity contribution in [3.05, 3.63) is 29.5 Å². The van der Waals surface area contributed by atoms with Crippen molar-refractivity contribution in [3.63, 3.8) is 0 Å². The van der Waals surface area contributed by atoms with Crippen LogP contribution in [0, 0.1) is 0 Å². The van der Waals surface area contributed by atoms with E-state index in [9.17, 15) is 14.7 Å². The van der Waals surface area contributed by atoms with Crippen molar-refractivity contribution in [1.82, 2.24) is 15.5 Å². The highest BCUT2D eigenvalue weighted by Gasteiger charge is 2.30. The molecule has 0 bridgehead atoms. The summed E-state index contributed by atoms with van der Waals surface area (Å²) in [6, 6.07) is 4.93. The topological polar surface area (TPSA) is 147 Å². The van der Waals surface area contributed by atoms with Crippen molar-refractivity contribution in [1.29, 1.82) is 0 Å². The molecule has 1 heterocycles. The van der Waals surface area contributed by atoms with Crippen LogP contribution in [0.2, 0.25) is 0 Å². The van der Waals surface area contributed by atoms with Crippen molar-refractivity contribution in [2.75, 3.05) is 19.0 Å². The van der Waals surface area contributed by atoms with Crippen LogP contribution in [0.3, 0.4) is 0 Å².